The van der Waals surface area contributed by atoms with Gasteiger partial charge in [-0.15, -0.1) is 0 Å². The van der Waals surface area contributed by atoms with E-state index in [9.17, 15) is 0 Å². The van der Waals surface area contributed by atoms with Crippen LogP contribution >= 0.6 is 0 Å². The van der Waals surface area contributed by atoms with E-state index in [1.54, 1.807) is 6.20 Å². The Morgan fingerprint density at radius 1 is 1.70 bits per heavy atom. The fourth-order valence-corrected chi connectivity index (χ4v) is 0.876. The van der Waals surface area contributed by atoms with Crippen LogP contribution in [0.5, 0.6) is 0 Å². The summed E-state index contributed by atoms with van der Waals surface area (Å²) in [6.07, 6.45) is 1.71. The maximum Gasteiger partial charge on any atom is 0.239 e. The molecule has 0 aliphatic rings. The summed E-state index contributed by atoms with van der Waals surface area (Å²) >= 11 is 0. The number of aliphatic hydroxyl groups is 1. The topological polar surface area (TPSA) is 50.1 Å². The van der Waals surface area contributed by atoms with Gasteiger partial charge in [-0.2, -0.15) is 0 Å². The minimum absolute atomic E-state index is 0.0107. The van der Waals surface area contributed by atoms with Crippen LogP contribution in [0.1, 0.15) is 11.3 Å². The summed E-state index contributed by atoms with van der Waals surface area (Å²) in [4.78, 5) is 0. The lowest BCUT2D eigenvalue weighted by Gasteiger charge is -1.96. The highest BCUT2D eigenvalue weighted by atomic mass is 16.3. The number of pyridine rings is 1. The SMILES string of the molecule is Cc1ccc[n+](N)c1CO. The molecule has 0 aromatic carbocycles. The fourth-order valence-electron chi connectivity index (χ4n) is 0.876. The highest BCUT2D eigenvalue weighted by molar-refractivity contribution is 5.11. The molecule has 0 aliphatic carbocycles. The number of nitrogen functional groups attached to an aromatic ring is 1. The normalized spacial score (nSPS) is 9.80. The number of nitrogens with zero attached hydrogens (tertiary/aromatic N) is 1. The molecular formula is C7H11N2O+. The molecule has 3 N–H and O–H groups in total. The van der Waals surface area contributed by atoms with Crippen LogP contribution in [0, 0.1) is 6.92 Å². The lowest BCUT2D eigenvalue weighted by Crippen LogP contribution is -2.48. The first-order valence-electron chi connectivity index (χ1n) is 3.12. The third-order valence-electron chi connectivity index (χ3n) is 1.51. The third kappa shape index (κ3) is 1.09. The van der Waals surface area contributed by atoms with Crippen LogP contribution in [0.3, 0.4) is 0 Å². The van der Waals surface area contributed by atoms with Gasteiger partial charge in [-0.25, -0.2) is 5.84 Å². The summed E-state index contributed by atoms with van der Waals surface area (Å²) in [6, 6.07) is 3.75. The molecule has 0 radical (unpaired) electrons. The van der Waals surface area contributed by atoms with Gasteiger partial charge in [0.2, 0.25) is 5.69 Å². The Morgan fingerprint density at radius 2 is 2.40 bits per heavy atom. The van der Waals surface area contributed by atoms with Gasteiger partial charge in [0.25, 0.3) is 0 Å². The van der Waals surface area contributed by atoms with Crippen LogP contribution in [0.15, 0.2) is 18.3 Å². The molecule has 0 amide bonds. The molecule has 0 fully saturated rings. The molecule has 0 saturated heterocycles. The number of aromatic nitrogens is 1. The Kier molecular flexibility index (Phi) is 1.87. The molecule has 10 heavy (non-hydrogen) atoms. The van der Waals surface area contributed by atoms with Gasteiger partial charge in [-0.3, -0.25) is 0 Å². The summed E-state index contributed by atoms with van der Waals surface area (Å²) < 4.78 is 1.43. The van der Waals surface area contributed by atoms with Crippen molar-refractivity contribution in [3.63, 3.8) is 0 Å². The fraction of sp³-hybridized carbons (Fsp3) is 0.286. The molecule has 1 heterocycles. The van der Waals surface area contributed by atoms with E-state index in [0.29, 0.717) is 0 Å². The van der Waals surface area contributed by atoms with Crippen LogP contribution in [-0.4, -0.2) is 5.11 Å². The van der Waals surface area contributed by atoms with Crippen molar-refractivity contribution in [2.24, 2.45) is 0 Å². The van der Waals surface area contributed by atoms with Crippen LogP contribution in [0.2, 0.25) is 0 Å². The van der Waals surface area contributed by atoms with E-state index in [1.165, 1.54) is 4.68 Å². The van der Waals surface area contributed by atoms with E-state index in [1.807, 2.05) is 19.1 Å². The molecule has 3 heteroatoms. The van der Waals surface area contributed by atoms with Crippen LogP contribution in [0.4, 0.5) is 0 Å². The minimum atomic E-state index is -0.0107. The van der Waals surface area contributed by atoms with Crippen molar-refractivity contribution in [3.8, 4) is 0 Å². The second kappa shape index (κ2) is 2.66. The van der Waals surface area contributed by atoms with Crippen LogP contribution in [-0.2, 0) is 6.61 Å². The number of hydrogen-bond acceptors (Lipinski definition) is 2. The summed E-state index contributed by atoms with van der Waals surface area (Å²) in [6.45, 7) is 1.90. The molecule has 1 aromatic heterocycles. The van der Waals surface area contributed by atoms with Crippen LogP contribution in [0.25, 0.3) is 0 Å². The number of aliphatic hydroxyl groups excluding tert-OH is 1. The maximum absolute atomic E-state index is 8.80. The van der Waals surface area contributed by atoms with E-state index in [-0.39, 0.29) is 6.61 Å². The summed E-state index contributed by atoms with van der Waals surface area (Å²) in [5, 5.41) is 8.80. The van der Waals surface area contributed by atoms with E-state index in [4.69, 9.17) is 10.9 Å². The average molecular weight is 139 g/mol. The number of rotatable bonds is 1. The zero-order valence-electron chi connectivity index (χ0n) is 5.91. The molecule has 0 bridgehead atoms. The average Bonchev–Trinajstić information content (AvgIpc) is 1.88. The lowest BCUT2D eigenvalue weighted by molar-refractivity contribution is -0.649. The second-order valence-electron chi connectivity index (χ2n) is 2.20. The van der Waals surface area contributed by atoms with Gasteiger partial charge in [0.15, 0.2) is 6.20 Å². The van der Waals surface area contributed by atoms with Crippen molar-refractivity contribution in [3.05, 3.63) is 29.6 Å². The highest BCUT2D eigenvalue weighted by Crippen LogP contribution is 1.98. The maximum atomic E-state index is 8.80. The molecule has 1 aromatic rings. The van der Waals surface area contributed by atoms with Gasteiger partial charge in [-0.1, -0.05) is 4.68 Å². The van der Waals surface area contributed by atoms with Crippen molar-refractivity contribution < 1.29 is 9.78 Å². The van der Waals surface area contributed by atoms with Gasteiger partial charge in [0.05, 0.1) is 0 Å². The zero-order valence-corrected chi connectivity index (χ0v) is 5.91. The van der Waals surface area contributed by atoms with Gasteiger partial charge >= 0.3 is 0 Å². The van der Waals surface area contributed by atoms with Crippen LogP contribution < -0.4 is 10.5 Å². The molecule has 0 unspecified atom stereocenters. The standard InChI is InChI=1S/C7H11N2O/c1-6-3-2-4-9(8)7(6)5-10/h2-4,10H,5,8H2,1H3/q+1. The molecule has 0 saturated carbocycles. The minimum Gasteiger partial charge on any atom is -0.385 e. The predicted octanol–water partition coefficient (Wildman–Crippen LogP) is -0.511. The first-order valence-corrected chi connectivity index (χ1v) is 3.12. The van der Waals surface area contributed by atoms with E-state index in [0.717, 1.165) is 11.3 Å². The van der Waals surface area contributed by atoms with Gasteiger partial charge in [0, 0.05) is 11.6 Å². The Labute approximate surface area is 59.7 Å². The van der Waals surface area contributed by atoms with Crippen molar-refractivity contribution in [2.45, 2.75) is 13.5 Å². The quantitative estimate of drug-likeness (QED) is 0.406. The smallest absolute Gasteiger partial charge is 0.239 e. The number of aryl methyl sites for hydroxylation is 1. The summed E-state index contributed by atoms with van der Waals surface area (Å²) in [5.74, 6) is 5.49. The van der Waals surface area contributed by atoms with Crippen molar-refractivity contribution in [1.29, 1.82) is 0 Å². The van der Waals surface area contributed by atoms with E-state index >= 15 is 0 Å². The summed E-state index contributed by atoms with van der Waals surface area (Å²) in [7, 11) is 0. The monoisotopic (exact) mass is 139 g/mol. The number of nitrogens with two attached hydrogens (primary N) is 1. The predicted molar refractivity (Wildman–Crippen MR) is 37.4 cm³/mol. The molecular weight excluding hydrogens is 128 g/mol. The third-order valence-corrected chi connectivity index (χ3v) is 1.51. The first-order chi connectivity index (χ1) is 4.75. The second-order valence-corrected chi connectivity index (χ2v) is 2.20. The zero-order chi connectivity index (χ0) is 7.56. The Balaban J connectivity index is 3.17. The molecule has 1 rings (SSSR count). The highest BCUT2D eigenvalue weighted by Gasteiger charge is 2.07. The van der Waals surface area contributed by atoms with Crippen molar-refractivity contribution in [2.75, 3.05) is 5.84 Å². The van der Waals surface area contributed by atoms with Gasteiger partial charge < -0.3 is 5.11 Å². The van der Waals surface area contributed by atoms with Crippen molar-refractivity contribution in [1.82, 2.24) is 0 Å². The molecule has 0 spiro atoms. The number of hydrogen-bond donors (Lipinski definition) is 2. The molecule has 0 aliphatic heterocycles. The first kappa shape index (κ1) is 7.02. The van der Waals surface area contributed by atoms with Crippen molar-refractivity contribution >= 4 is 0 Å². The largest absolute Gasteiger partial charge is 0.385 e. The van der Waals surface area contributed by atoms with Gasteiger partial charge in [-0.05, 0) is 13.0 Å². The Morgan fingerprint density at radius 3 is 2.80 bits per heavy atom. The molecule has 0 atom stereocenters. The molecule has 54 valence electrons. The molecule has 3 nitrogen and oxygen atoms in total. The van der Waals surface area contributed by atoms with E-state index < -0.39 is 0 Å². The van der Waals surface area contributed by atoms with Gasteiger partial charge in [0.1, 0.15) is 6.61 Å². The van der Waals surface area contributed by atoms with E-state index in [2.05, 4.69) is 0 Å². The summed E-state index contributed by atoms with van der Waals surface area (Å²) in [5.41, 5.74) is 1.76. The Bertz CT molecular complexity index is 215. The lowest BCUT2D eigenvalue weighted by atomic mass is 10.2. The Hall–Kier alpha value is -1.09.